The number of hydrogen-bond donors (Lipinski definition) is 0. The molecule has 1 saturated carbocycles. The third-order valence-corrected chi connectivity index (χ3v) is 7.62. The van der Waals surface area contributed by atoms with Crippen molar-refractivity contribution in [3.05, 3.63) is 108 Å². The van der Waals surface area contributed by atoms with Gasteiger partial charge in [-0.25, -0.2) is 0 Å². The van der Waals surface area contributed by atoms with Crippen LogP contribution in [0.5, 0.6) is 0 Å². The number of anilines is 1. The van der Waals surface area contributed by atoms with Gasteiger partial charge in [0.25, 0.3) is 5.91 Å². The first-order valence-corrected chi connectivity index (χ1v) is 13.7. The molecule has 1 unspecified atom stereocenters. The average molecular weight is 508 g/mol. The summed E-state index contributed by atoms with van der Waals surface area (Å²) in [5.41, 5.74) is 4.58. The molecular weight excluding hydrogens is 474 g/mol. The Morgan fingerprint density at radius 2 is 1.71 bits per heavy atom. The van der Waals surface area contributed by atoms with Crippen molar-refractivity contribution < 1.29 is 14.0 Å². The number of unbranched alkanes of at least 4 members (excludes halogenated alkanes) is 2. The van der Waals surface area contributed by atoms with Crippen molar-refractivity contribution in [2.24, 2.45) is 0 Å². The summed E-state index contributed by atoms with van der Waals surface area (Å²) >= 11 is 0. The number of carbonyl (C=O) groups excluding carboxylic acids is 2. The minimum absolute atomic E-state index is 0.0218. The van der Waals surface area contributed by atoms with Crippen molar-refractivity contribution in [1.82, 2.24) is 9.47 Å². The fraction of sp³-hybridized carbons (Fsp3) is 0.312. The summed E-state index contributed by atoms with van der Waals surface area (Å²) in [7, 11) is 0. The fourth-order valence-corrected chi connectivity index (χ4v) is 5.51. The molecule has 0 bridgehead atoms. The van der Waals surface area contributed by atoms with E-state index in [4.69, 9.17) is 4.42 Å². The average Bonchev–Trinajstić information content (AvgIpc) is 3.41. The number of furan rings is 1. The van der Waals surface area contributed by atoms with Crippen LogP contribution in [0.15, 0.2) is 89.7 Å². The van der Waals surface area contributed by atoms with Gasteiger partial charge in [-0.1, -0.05) is 44.0 Å². The number of benzene rings is 2. The smallest absolute Gasteiger partial charge is 0.254 e. The number of hydrogen-bond acceptors (Lipinski definition) is 3. The van der Waals surface area contributed by atoms with Crippen LogP contribution in [0.25, 0.3) is 5.69 Å². The molecule has 1 atom stereocenters. The van der Waals surface area contributed by atoms with E-state index in [1.54, 1.807) is 11.2 Å². The first kappa shape index (κ1) is 24.3. The predicted molar refractivity (Wildman–Crippen MR) is 148 cm³/mol. The quantitative estimate of drug-likeness (QED) is 0.242. The number of aromatic nitrogens is 1. The van der Waals surface area contributed by atoms with Gasteiger partial charge in [-0.15, -0.1) is 0 Å². The SMILES string of the molecule is CCCCCc1ccc(C(=O)N(CC(=O)N2c3ccccc3-n3cccc3C2c2ccco2)C2CC2)cc1. The molecule has 38 heavy (non-hydrogen) atoms. The van der Waals surface area contributed by atoms with Crippen LogP contribution in [-0.4, -0.2) is 33.9 Å². The molecule has 1 aliphatic heterocycles. The van der Waals surface area contributed by atoms with Crippen LogP contribution in [0.2, 0.25) is 0 Å². The Labute approximate surface area is 223 Å². The van der Waals surface area contributed by atoms with Crippen molar-refractivity contribution >= 4 is 17.5 Å². The van der Waals surface area contributed by atoms with Gasteiger partial charge in [-0.05, 0) is 79.8 Å². The molecule has 0 spiro atoms. The minimum atomic E-state index is -0.416. The summed E-state index contributed by atoms with van der Waals surface area (Å²) in [6.07, 6.45) is 10.1. The Hall–Kier alpha value is -4.06. The zero-order chi connectivity index (χ0) is 26.1. The number of aryl methyl sites for hydroxylation is 1. The molecule has 1 fully saturated rings. The lowest BCUT2D eigenvalue weighted by Crippen LogP contribution is -2.47. The molecule has 2 amide bonds. The van der Waals surface area contributed by atoms with Gasteiger partial charge >= 0.3 is 0 Å². The Balaban J connectivity index is 1.29. The molecule has 3 heterocycles. The summed E-state index contributed by atoms with van der Waals surface area (Å²) in [6.45, 7) is 2.22. The van der Waals surface area contributed by atoms with Crippen molar-refractivity contribution in [3.8, 4) is 5.69 Å². The Morgan fingerprint density at radius 1 is 0.921 bits per heavy atom. The van der Waals surface area contributed by atoms with Crippen LogP contribution in [0.1, 0.15) is 72.4 Å². The van der Waals surface area contributed by atoms with Crippen LogP contribution >= 0.6 is 0 Å². The van der Waals surface area contributed by atoms with Gasteiger partial charge in [0, 0.05) is 17.8 Å². The number of nitrogens with zero attached hydrogens (tertiary/aromatic N) is 3. The van der Waals surface area contributed by atoms with E-state index in [9.17, 15) is 9.59 Å². The molecule has 0 radical (unpaired) electrons. The van der Waals surface area contributed by atoms with Gasteiger partial charge in [-0.3, -0.25) is 14.5 Å². The minimum Gasteiger partial charge on any atom is -0.467 e. The topological polar surface area (TPSA) is 58.7 Å². The monoisotopic (exact) mass is 507 g/mol. The van der Waals surface area contributed by atoms with E-state index in [0.29, 0.717) is 11.3 Å². The Kier molecular flexibility index (Phi) is 6.62. The van der Waals surface area contributed by atoms with Crippen LogP contribution in [0.4, 0.5) is 5.69 Å². The molecule has 6 rings (SSSR count). The highest BCUT2D eigenvalue weighted by molar-refractivity contribution is 6.02. The summed E-state index contributed by atoms with van der Waals surface area (Å²) in [5, 5.41) is 0. The Morgan fingerprint density at radius 3 is 2.42 bits per heavy atom. The van der Waals surface area contributed by atoms with E-state index in [1.165, 1.54) is 18.4 Å². The summed E-state index contributed by atoms with van der Waals surface area (Å²) < 4.78 is 7.94. The maximum absolute atomic E-state index is 14.2. The van der Waals surface area contributed by atoms with E-state index in [0.717, 1.165) is 42.8 Å². The molecule has 2 aromatic carbocycles. The van der Waals surface area contributed by atoms with E-state index in [1.807, 2.05) is 71.8 Å². The molecule has 0 saturated heterocycles. The zero-order valence-electron chi connectivity index (χ0n) is 21.8. The highest BCUT2D eigenvalue weighted by Crippen LogP contribution is 2.42. The summed E-state index contributed by atoms with van der Waals surface area (Å²) in [6, 6.07) is 23.3. The van der Waals surface area contributed by atoms with Crippen LogP contribution in [0, 0.1) is 0 Å². The zero-order valence-corrected chi connectivity index (χ0v) is 21.8. The van der Waals surface area contributed by atoms with Gasteiger partial charge < -0.3 is 13.9 Å². The predicted octanol–water partition coefficient (Wildman–Crippen LogP) is 6.54. The third-order valence-electron chi connectivity index (χ3n) is 7.62. The standard InChI is InChI=1S/C32H33N3O3/c1-2-3-4-9-23-14-16-24(17-15-23)32(37)34(25-18-19-25)22-30(36)35-27-11-6-5-10-26(27)33-20-7-12-28(33)31(35)29-13-8-21-38-29/h5-8,10-17,20-21,25,31H,2-4,9,18-19,22H2,1H3. The molecule has 0 N–H and O–H groups in total. The number of carbonyl (C=O) groups is 2. The lowest BCUT2D eigenvalue weighted by atomic mass is 10.0. The molecule has 1 aliphatic carbocycles. The lowest BCUT2D eigenvalue weighted by Gasteiger charge is -2.38. The summed E-state index contributed by atoms with van der Waals surface area (Å²) in [5.74, 6) is 0.489. The van der Waals surface area contributed by atoms with Crippen molar-refractivity contribution in [1.29, 1.82) is 0 Å². The van der Waals surface area contributed by atoms with E-state index < -0.39 is 6.04 Å². The van der Waals surface area contributed by atoms with Crippen molar-refractivity contribution in [2.45, 2.75) is 57.5 Å². The molecule has 4 aromatic rings. The van der Waals surface area contributed by atoms with Crippen molar-refractivity contribution in [2.75, 3.05) is 11.4 Å². The molecule has 6 nitrogen and oxygen atoms in total. The Bertz CT molecular complexity index is 1420. The maximum Gasteiger partial charge on any atom is 0.254 e. The lowest BCUT2D eigenvalue weighted by molar-refractivity contribution is -0.120. The van der Waals surface area contributed by atoms with E-state index in [2.05, 4.69) is 23.6 Å². The van der Waals surface area contributed by atoms with Gasteiger partial charge in [0.2, 0.25) is 5.91 Å². The molecule has 194 valence electrons. The first-order valence-electron chi connectivity index (χ1n) is 13.7. The maximum atomic E-state index is 14.2. The van der Waals surface area contributed by atoms with E-state index >= 15 is 0 Å². The largest absolute Gasteiger partial charge is 0.467 e. The molecule has 2 aliphatic rings. The van der Waals surface area contributed by atoms with Gasteiger partial charge in [0.1, 0.15) is 18.3 Å². The number of fused-ring (bicyclic) bond motifs is 3. The van der Waals surface area contributed by atoms with Crippen molar-refractivity contribution in [3.63, 3.8) is 0 Å². The van der Waals surface area contributed by atoms with Gasteiger partial charge in [0.15, 0.2) is 0 Å². The second kappa shape index (κ2) is 10.4. The number of amides is 2. The van der Waals surface area contributed by atoms with Gasteiger partial charge in [0.05, 0.1) is 23.3 Å². The van der Waals surface area contributed by atoms with Gasteiger partial charge in [-0.2, -0.15) is 0 Å². The highest BCUT2D eigenvalue weighted by atomic mass is 16.3. The third kappa shape index (κ3) is 4.55. The molecule has 6 heteroatoms. The van der Waals surface area contributed by atoms with E-state index in [-0.39, 0.29) is 24.4 Å². The van der Waals surface area contributed by atoms with Crippen LogP contribution in [0.3, 0.4) is 0 Å². The number of para-hydroxylation sites is 2. The first-order chi connectivity index (χ1) is 18.7. The van der Waals surface area contributed by atoms with Crippen LogP contribution < -0.4 is 4.90 Å². The number of rotatable bonds is 9. The summed E-state index contributed by atoms with van der Waals surface area (Å²) in [4.78, 5) is 31.4. The van der Waals surface area contributed by atoms with Crippen LogP contribution in [-0.2, 0) is 11.2 Å². The second-order valence-corrected chi connectivity index (χ2v) is 10.3. The second-order valence-electron chi connectivity index (χ2n) is 10.3. The fourth-order valence-electron chi connectivity index (χ4n) is 5.51. The molecule has 2 aromatic heterocycles. The molecular formula is C32H33N3O3. The highest BCUT2D eigenvalue weighted by Gasteiger charge is 2.41. The normalized spacial score (nSPS) is 16.1.